The highest BCUT2D eigenvalue weighted by Crippen LogP contribution is 2.38. The molecule has 1 saturated heterocycles. The van der Waals surface area contributed by atoms with Crippen molar-refractivity contribution in [2.24, 2.45) is 0 Å². The van der Waals surface area contributed by atoms with Crippen molar-refractivity contribution in [3.63, 3.8) is 0 Å². The average molecular weight is 408 g/mol. The standard InChI is InChI=1S/C20H22ClN3O2.ClH/c21-15-5-7-16(8-6-15)26-14-13-24-18-4-2-1-3-17(18)23-20(19(24)25)9-11-22-12-10-20;/h1-8,22-23H,9-14H2;1H. The van der Waals surface area contributed by atoms with E-state index in [-0.39, 0.29) is 18.3 Å². The second-order valence-electron chi connectivity index (χ2n) is 6.73. The number of hydrogen-bond acceptors (Lipinski definition) is 4. The lowest BCUT2D eigenvalue weighted by Crippen LogP contribution is -2.61. The minimum absolute atomic E-state index is 0. The van der Waals surface area contributed by atoms with E-state index in [4.69, 9.17) is 16.3 Å². The highest BCUT2D eigenvalue weighted by molar-refractivity contribution is 6.30. The van der Waals surface area contributed by atoms with Gasteiger partial charge in [-0.15, -0.1) is 12.4 Å². The molecule has 0 saturated carbocycles. The molecular weight excluding hydrogens is 385 g/mol. The summed E-state index contributed by atoms with van der Waals surface area (Å²) in [7, 11) is 0. The molecule has 1 amide bonds. The lowest BCUT2D eigenvalue weighted by atomic mass is 9.84. The van der Waals surface area contributed by atoms with Crippen molar-refractivity contribution in [2.75, 3.05) is 36.5 Å². The van der Waals surface area contributed by atoms with E-state index in [1.54, 1.807) is 12.1 Å². The smallest absolute Gasteiger partial charge is 0.252 e. The molecular formula is C20H23Cl2N3O2. The van der Waals surface area contributed by atoms with Gasteiger partial charge in [0, 0.05) is 5.02 Å². The monoisotopic (exact) mass is 407 g/mol. The summed E-state index contributed by atoms with van der Waals surface area (Å²) in [5.74, 6) is 0.888. The first-order chi connectivity index (χ1) is 12.7. The molecule has 2 heterocycles. The third-order valence-corrected chi connectivity index (χ3v) is 5.33. The van der Waals surface area contributed by atoms with E-state index in [2.05, 4.69) is 10.6 Å². The normalized spacial score (nSPS) is 17.7. The van der Waals surface area contributed by atoms with Crippen LogP contribution in [0.2, 0.25) is 5.02 Å². The molecule has 2 aliphatic rings. The van der Waals surface area contributed by atoms with E-state index >= 15 is 0 Å². The molecule has 2 aromatic rings. The summed E-state index contributed by atoms with van der Waals surface area (Å²) in [6.45, 7) is 2.62. The third-order valence-electron chi connectivity index (χ3n) is 5.08. The number of para-hydroxylation sites is 2. The maximum Gasteiger partial charge on any atom is 0.252 e. The van der Waals surface area contributed by atoms with Crippen LogP contribution < -0.4 is 20.3 Å². The predicted octanol–water partition coefficient (Wildman–Crippen LogP) is 3.72. The average Bonchev–Trinajstić information content (AvgIpc) is 2.67. The number of halogens is 2. The molecule has 27 heavy (non-hydrogen) atoms. The Kier molecular flexibility index (Phi) is 6.15. The summed E-state index contributed by atoms with van der Waals surface area (Å²) >= 11 is 5.90. The van der Waals surface area contributed by atoms with Gasteiger partial charge in [-0.2, -0.15) is 0 Å². The van der Waals surface area contributed by atoms with E-state index in [1.807, 2.05) is 41.3 Å². The molecule has 0 aromatic heterocycles. The SMILES string of the molecule is Cl.O=C1N(CCOc2ccc(Cl)cc2)c2ccccc2NC12CCNCC2. The Balaban J connectivity index is 0.00000210. The molecule has 0 bridgehead atoms. The summed E-state index contributed by atoms with van der Waals surface area (Å²) in [5, 5.41) is 7.54. The fraction of sp³-hybridized carbons (Fsp3) is 0.350. The van der Waals surface area contributed by atoms with Crippen LogP contribution in [-0.2, 0) is 4.79 Å². The zero-order valence-electron chi connectivity index (χ0n) is 14.9. The molecule has 5 nitrogen and oxygen atoms in total. The highest BCUT2D eigenvalue weighted by atomic mass is 35.5. The number of nitrogens with one attached hydrogen (secondary N) is 2. The number of carbonyl (C=O) groups is 1. The summed E-state index contributed by atoms with van der Waals surface area (Å²) in [4.78, 5) is 15.2. The molecule has 0 radical (unpaired) electrons. The van der Waals surface area contributed by atoms with Crippen molar-refractivity contribution in [2.45, 2.75) is 18.4 Å². The Morgan fingerprint density at radius 3 is 2.52 bits per heavy atom. The number of benzene rings is 2. The number of ether oxygens (including phenoxy) is 1. The fourth-order valence-electron chi connectivity index (χ4n) is 3.69. The molecule has 2 aromatic carbocycles. The Bertz CT molecular complexity index is 792. The maximum atomic E-state index is 13.3. The molecule has 1 spiro atoms. The number of anilines is 2. The lowest BCUT2D eigenvalue weighted by molar-refractivity contribution is -0.124. The Morgan fingerprint density at radius 2 is 1.78 bits per heavy atom. The summed E-state index contributed by atoms with van der Waals surface area (Å²) in [5.41, 5.74) is 1.42. The first-order valence-corrected chi connectivity index (χ1v) is 9.34. The van der Waals surface area contributed by atoms with Gasteiger partial charge in [-0.25, -0.2) is 0 Å². The second-order valence-corrected chi connectivity index (χ2v) is 7.17. The fourth-order valence-corrected chi connectivity index (χ4v) is 3.82. The first kappa shape index (κ1) is 19.8. The van der Waals surface area contributed by atoms with Crippen LogP contribution >= 0.6 is 24.0 Å². The van der Waals surface area contributed by atoms with Gasteiger partial charge in [-0.3, -0.25) is 4.79 Å². The second kappa shape index (κ2) is 8.38. The number of piperidine rings is 1. The van der Waals surface area contributed by atoms with Crippen LogP contribution in [0.15, 0.2) is 48.5 Å². The van der Waals surface area contributed by atoms with Gasteiger partial charge < -0.3 is 20.3 Å². The summed E-state index contributed by atoms with van der Waals surface area (Å²) in [6, 6.07) is 15.3. The molecule has 2 N–H and O–H groups in total. The maximum absolute atomic E-state index is 13.3. The van der Waals surface area contributed by atoms with Crippen molar-refractivity contribution in [3.8, 4) is 5.75 Å². The number of fused-ring (bicyclic) bond motifs is 1. The van der Waals surface area contributed by atoms with Crippen molar-refractivity contribution in [3.05, 3.63) is 53.6 Å². The van der Waals surface area contributed by atoms with Crippen LogP contribution in [0.5, 0.6) is 5.75 Å². The Labute approximate surface area is 170 Å². The molecule has 0 unspecified atom stereocenters. The zero-order chi connectivity index (χ0) is 18.0. The van der Waals surface area contributed by atoms with Gasteiger partial charge in [-0.1, -0.05) is 23.7 Å². The van der Waals surface area contributed by atoms with Crippen LogP contribution in [-0.4, -0.2) is 37.7 Å². The lowest BCUT2D eigenvalue weighted by Gasteiger charge is -2.45. The molecule has 1 fully saturated rings. The van der Waals surface area contributed by atoms with Crippen LogP contribution in [0.25, 0.3) is 0 Å². The Morgan fingerprint density at radius 1 is 1.07 bits per heavy atom. The van der Waals surface area contributed by atoms with E-state index in [1.165, 1.54) is 0 Å². The van der Waals surface area contributed by atoms with Crippen LogP contribution in [0.3, 0.4) is 0 Å². The number of carbonyl (C=O) groups excluding carboxylic acids is 1. The van der Waals surface area contributed by atoms with E-state index in [0.717, 1.165) is 43.1 Å². The van der Waals surface area contributed by atoms with Gasteiger partial charge >= 0.3 is 0 Å². The van der Waals surface area contributed by atoms with Crippen LogP contribution in [0.1, 0.15) is 12.8 Å². The quantitative estimate of drug-likeness (QED) is 0.810. The topological polar surface area (TPSA) is 53.6 Å². The van der Waals surface area contributed by atoms with Crippen molar-refractivity contribution in [1.82, 2.24) is 5.32 Å². The molecule has 144 valence electrons. The van der Waals surface area contributed by atoms with Gasteiger partial charge in [0.25, 0.3) is 5.91 Å². The highest BCUT2D eigenvalue weighted by Gasteiger charge is 2.46. The number of amides is 1. The van der Waals surface area contributed by atoms with Gasteiger partial charge in [0.2, 0.25) is 0 Å². The number of nitrogens with zero attached hydrogens (tertiary/aromatic N) is 1. The molecule has 0 atom stereocenters. The van der Waals surface area contributed by atoms with Crippen molar-refractivity contribution >= 4 is 41.3 Å². The first-order valence-electron chi connectivity index (χ1n) is 8.96. The van der Waals surface area contributed by atoms with E-state index in [9.17, 15) is 4.79 Å². The number of rotatable bonds is 4. The van der Waals surface area contributed by atoms with E-state index < -0.39 is 5.54 Å². The van der Waals surface area contributed by atoms with Gasteiger partial charge in [0.1, 0.15) is 17.9 Å². The van der Waals surface area contributed by atoms with Crippen LogP contribution in [0.4, 0.5) is 11.4 Å². The van der Waals surface area contributed by atoms with Crippen molar-refractivity contribution < 1.29 is 9.53 Å². The van der Waals surface area contributed by atoms with Gasteiger partial charge in [0.15, 0.2) is 0 Å². The summed E-state index contributed by atoms with van der Waals surface area (Å²) < 4.78 is 5.82. The largest absolute Gasteiger partial charge is 0.492 e. The zero-order valence-corrected chi connectivity index (χ0v) is 16.5. The van der Waals surface area contributed by atoms with E-state index in [0.29, 0.717) is 18.2 Å². The predicted molar refractivity (Wildman–Crippen MR) is 111 cm³/mol. The van der Waals surface area contributed by atoms with Crippen molar-refractivity contribution in [1.29, 1.82) is 0 Å². The molecule has 4 rings (SSSR count). The summed E-state index contributed by atoms with van der Waals surface area (Å²) in [6.07, 6.45) is 1.57. The Hall–Kier alpha value is -1.95. The van der Waals surface area contributed by atoms with Crippen LogP contribution in [0, 0.1) is 0 Å². The van der Waals surface area contributed by atoms with Gasteiger partial charge in [-0.05, 0) is 62.3 Å². The minimum Gasteiger partial charge on any atom is -0.492 e. The minimum atomic E-state index is -0.514. The molecule has 0 aliphatic carbocycles. The molecule has 7 heteroatoms. The molecule has 2 aliphatic heterocycles. The van der Waals surface area contributed by atoms with Gasteiger partial charge in [0.05, 0.1) is 17.9 Å². The third kappa shape index (κ3) is 4.00. The number of hydrogen-bond donors (Lipinski definition) is 2.